The summed E-state index contributed by atoms with van der Waals surface area (Å²) < 4.78 is 4.27. The van der Waals surface area contributed by atoms with Crippen LogP contribution >= 0.6 is 12.2 Å². The standard InChI is InChI=1S/C5H6N2O2S2/c1-2-9-4(8)3(7-6)5(10)11/h2H2,1H3,(H,10,11)/p-1. The van der Waals surface area contributed by atoms with Crippen LogP contribution in [0.1, 0.15) is 6.92 Å². The second kappa shape index (κ2) is 4.90. The number of ether oxygens (including phenoxy) is 1. The first-order valence-corrected chi connectivity index (χ1v) is 3.55. The molecule has 60 valence electrons. The Morgan fingerprint density at radius 3 is 2.64 bits per heavy atom. The Morgan fingerprint density at radius 1 is 1.82 bits per heavy atom. The van der Waals surface area contributed by atoms with Crippen molar-refractivity contribution >= 4 is 40.7 Å². The molecule has 0 N–H and O–H groups in total. The third-order valence-electron chi connectivity index (χ3n) is 0.762. The summed E-state index contributed by atoms with van der Waals surface area (Å²) in [6.45, 7) is 1.81. The summed E-state index contributed by atoms with van der Waals surface area (Å²) in [4.78, 5) is 13.4. The average Bonchev–Trinajstić information content (AvgIpc) is 1.88. The molecule has 0 heterocycles. The molecule has 6 heteroatoms. The third kappa shape index (κ3) is 3.18. The molecule has 0 aromatic carbocycles. The number of hydrogen-bond acceptors (Lipinski definition) is 4. The summed E-state index contributed by atoms with van der Waals surface area (Å²) in [5.41, 5.74) is 7.83. The van der Waals surface area contributed by atoms with Crippen LogP contribution in [0.3, 0.4) is 0 Å². The fourth-order valence-corrected chi connectivity index (χ4v) is 0.613. The quantitative estimate of drug-likeness (QED) is 0.158. The van der Waals surface area contributed by atoms with Gasteiger partial charge in [0.15, 0.2) is 0 Å². The highest BCUT2D eigenvalue weighted by atomic mass is 32.1. The lowest BCUT2D eigenvalue weighted by Crippen LogP contribution is -2.24. The van der Waals surface area contributed by atoms with Gasteiger partial charge in [0.2, 0.25) is 0 Å². The number of hydrogen-bond donors (Lipinski definition) is 0. The average molecular weight is 189 g/mol. The van der Waals surface area contributed by atoms with Crippen molar-refractivity contribution < 1.29 is 14.3 Å². The van der Waals surface area contributed by atoms with E-state index in [-0.39, 0.29) is 10.8 Å². The van der Waals surface area contributed by atoms with E-state index in [9.17, 15) is 4.79 Å². The van der Waals surface area contributed by atoms with Gasteiger partial charge >= 0.3 is 11.7 Å². The van der Waals surface area contributed by atoms with E-state index in [0.29, 0.717) is 0 Å². The first kappa shape index (κ1) is 10.2. The van der Waals surface area contributed by atoms with Crippen molar-refractivity contribution in [3.05, 3.63) is 5.53 Å². The van der Waals surface area contributed by atoms with Gasteiger partial charge in [0.25, 0.3) is 0 Å². The first-order chi connectivity index (χ1) is 5.13. The highest BCUT2D eigenvalue weighted by Crippen LogP contribution is 1.84. The maximum atomic E-state index is 10.7. The monoisotopic (exact) mass is 189 g/mol. The van der Waals surface area contributed by atoms with Gasteiger partial charge in [-0.05, 0) is 11.1 Å². The van der Waals surface area contributed by atoms with Crippen LogP contribution in [0.4, 0.5) is 0 Å². The zero-order valence-electron chi connectivity index (χ0n) is 5.73. The van der Waals surface area contributed by atoms with Gasteiger partial charge in [0, 0.05) is 0 Å². The summed E-state index contributed by atoms with van der Waals surface area (Å²) in [5, 5.41) is 0. The molecule has 0 atom stereocenters. The summed E-state index contributed by atoms with van der Waals surface area (Å²) >= 11 is 8.86. The minimum Gasteiger partial charge on any atom is -0.457 e. The van der Waals surface area contributed by atoms with Crippen molar-refractivity contribution in [3.8, 4) is 0 Å². The van der Waals surface area contributed by atoms with Crippen molar-refractivity contribution in [2.24, 2.45) is 0 Å². The molecule has 0 aromatic heterocycles. The molecular formula is C5H5N2O2S2-. The predicted molar refractivity (Wildman–Crippen MR) is 45.2 cm³/mol. The second-order valence-corrected chi connectivity index (χ2v) is 2.53. The molecule has 0 aliphatic heterocycles. The van der Waals surface area contributed by atoms with Crippen LogP contribution in [0.2, 0.25) is 0 Å². The van der Waals surface area contributed by atoms with Crippen LogP contribution in [-0.2, 0) is 22.2 Å². The Labute approximate surface area is 74.6 Å². The van der Waals surface area contributed by atoms with Crippen molar-refractivity contribution in [3.63, 3.8) is 0 Å². The van der Waals surface area contributed by atoms with E-state index in [0.717, 1.165) is 0 Å². The van der Waals surface area contributed by atoms with Gasteiger partial charge in [-0.3, -0.25) is 0 Å². The van der Waals surface area contributed by atoms with Crippen LogP contribution in [-0.4, -0.2) is 27.3 Å². The maximum Gasteiger partial charge on any atom is 0.420 e. The van der Waals surface area contributed by atoms with Gasteiger partial charge in [-0.2, -0.15) is 4.79 Å². The van der Waals surface area contributed by atoms with Gasteiger partial charge in [-0.25, -0.2) is 4.79 Å². The molecule has 0 unspecified atom stereocenters. The lowest BCUT2D eigenvalue weighted by molar-refractivity contribution is -0.139. The van der Waals surface area contributed by atoms with Crippen LogP contribution in [0.5, 0.6) is 0 Å². The Bertz CT molecular complexity index is 233. The van der Waals surface area contributed by atoms with Crippen LogP contribution in [0, 0.1) is 0 Å². The largest absolute Gasteiger partial charge is 0.457 e. The van der Waals surface area contributed by atoms with E-state index in [2.05, 4.69) is 34.4 Å². The molecular weight excluding hydrogens is 184 g/mol. The second-order valence-electron chi connectivity index (χ2n) is 1.46. The Kier molecular flexibility index (Phi) is 4.52. The molecule has 4 nitrogen and oxygen atoms in total. The number of esters is 1. The van der Waals surface area contributed by atoms with E-state index in [4.69, 9.17) is 5.53 Å². The summed E-state index contributed by atoms with van der Waals surface area (Å²) in [7, 11) is 0. The Morgan fingerprint density at radius 2 is 2.36 bits per heavy atom. The van der Waals surface area contributed by atoms with Crippen molar-refractivity contribution in [2.75, 3.05) is 6.61 Å². The summed E-state index contributed by atoms with van der Waals surface area (Å²) in [6.07, 6.45) is 0. The number of carbonyl (C=O) groups is 1. The van der Waals surface area contributed by atoms with Gasteiger partial charge in [0.05, 0.1) is 6.61 Å². The number of rotatable bonds is 3. The molecule has 11 heavy (non-hydrogen) atoms. The molecule has 0 spiro atoms. The van der Waals surface area contributed by atoms with E-state index in [1.807, 2.05) is 0 Å². The van der Waals surface area contributed by atoms with Crippen LogP contribution in [0.25, 0.3) is 5.53 Å². The lowest BCUT2D eigenvalue weighted by atomic mass is 10.4. The van der Waals surface area contributed by atoms with Gasteiger partial charge in [-0.15, -0.1) is 0 Å². The minimum atomic E-state index is -0.796. The molecule has 0 aromatic rings. The molecule has 0 aliphatic rings. The van der Waals surface area contributed by atoms with Crippen LogP contribution in [0.15, 0.2) is 0 Å². The van der Waals surface area contributed by atoms with Gasteiger partial charge in [-0.1, -0.05) is 0 Å². The predicted octanol–water partition coefficient (Wildman–Crippen LogP) is 0.0946. The fourth-order valence-electron chi connectivity index (χ4n) is 0.364. The summed E-state index contributed by atoms with van der Waals surface area (Å²) in [6, 6.07) is 0. The number of carbonyl (C=O) groups excluding carboxylic acids is 1. The van der Waals surface area contributed by atoms with Crippen molar-refractivity contribution in [1.29, 1.82) is 0 Å². The molecule has 0 saturated carbocycles. The van der Waals surface area contributed by atoms with Gasteiger partial charge in [0.1, 0.15) is 0 Å². The molecule has 0 radical (unpaired) electrons. The third-order valence-corrected chi connectivity index (χ3v) is 1.15. The van der Waals surface area contributed by atoms with Crippen molar-refractivity contribution in [1.82, 2.24) is 0 Å². The normalized spacial score (nSPS) is 8.09. The number of nitrogens with zero attached hydrogens (tertiary/aromatic N) is 2. The number of thiocarbonyl (C=S) groups is 1. The molecule has 0 fully saturated rings. The molecule has 0 bridgehead atoms. The van der Waals surface area contributed by atoms with E-state index in [1.165, 1.54) is 0 Å². The summed E-state index contributed by atoms with van der Waals surface area (Å²) in [5.74, 6) is -0.796. The Hall–Kier alpha value is -0.840. The maximum absolute atomic E-state index is 10.7. The fraction of sp³-hybridized carbons (Fsp3) is 0.400. The Balaban J connectivity index is 4.42. The SMILES string of the molecule is CCOC(=O)C(=[N+]=[N-])C(=S)[S-]. The zero-order chi connectivity index (χ0) is 8.85. The topological polar surface area (TPSA) is 62.7 Å². The zero-order valence-corrected chi connectivity index (χ0v) is 7.37. The molecule has 0 amide bonds. The smallest absolute Gasteiger partial charge is 0.420 e. The van der Waals surface area contributed by atoms with E-state index < -0.39 is 11.7 Å². The highest BCUT2D eigenvalue weighted by Gasteiger charge is 2.18. The van der Waals surface area contributed by atoms with Crippen molar-refractivity contribution in [2.45, 2.75) is 6.92 Å². The molecule has 0 saturated heterocycles. The van der Waals surface area contributed by atoms with Gasteiger partial charge < -0.3 is 35.1 Å². The lowest BCUT2D eigenvalue weighted by Gasteiger charge is -1.98. The van der Waals surface area contributed by atoms with Crippen LogP contribution < -0.4 is 0 Å². The van der Waals surface area contributed by atoms with E-state index in [1.54, 1.807) is 6.92 Å². The highest BCUT2D eigenvalue weighted by molar-refractivity contribution is 8.03. The molecule has 0 rings (SSSR count). The first-order valence-electron chi connectivity index (χ1n) is 2.74. The molecule has 0 aliphatic carbocycles. The minimum absolute atomic E-state index is 0.190. The van der Waals surface area contributed by atoms with E-state index >= 15 is 0 Å².